The number of nitrogens with zero attached hydrogens (tertiary/aromatic N) is 4. The number of piperidine rings is 1. The van der Waals surface area contributed by atoms with Crippen LogP contribution in [0.25, 0.3) is 0 Å². The van der Waals surface area contributed by atoms with Crippen LogP contribution in [0.4, 0.5) is 0 Å². The van der Waals surface area contributed by atoms with Gasteiger partial charge in [-0.05, 0) is 37.4 Å². The number of guanidine groups is 1. The smallest absolute Gasteiger partial charge is 0.193 e. The van der Waals surface area contributed by atoms with E-state index in [4.69, 9.17) is 9.47 Å². The van der Waals surface area contributed by atoms with E-state index < -0.39 is 0 Å². The molecule has 2 aliphatic heterocycles. The molecule has 0 unspecified atom stereocenters. The van der Waals surface area contributed by atoms with Crippen molar-refractivity contribution in [1.82, 2.24) is 20.0 Å². The van der Waals surface area contributed by atoms with Gasteiger partial charge in [-0.2, -0.15) is 0 Å². The molecule has 2 saturated heterocycles. The van der Waals surface area contributed by atoms with Crippen LogP contribution in [-0.4, -0.2) is 100 Å². The Hall–Kier alpha value is -1.67. The van der Waals surface area contributed by atoms with Crippen molar-refractivity contribution in [3.8, 4) is 0 Å². The number of nitrogens with one attached hydrogen (secondary N) is 1. The molecule has 1 N–H and O–H groups in total. The Balaban J connectivity index is 1.37. The topological polar surface area (TPSA) is 52.6 Å². The summed E-state index contributed by atoms with van der Waals surface area (Å²) in [6.07, 6.45) is 3.43. The Morgan fingerprint density at radius 2 is 1.68 bits per heavy atom. The summed E-state index contributed by atoms with van der Waals surface area (Å²) in [5.41, 5.74) is 2.69. The average Bonchev–Trinajstić information content (AvgIpc) is 2.80. The number of ether oxygens (including phenoxy) is 2. The first kappa shape index (κ1) is 24.0. The predicted molar refractivity (Wildman–Crippen MR) is 126 cm³/mol. The van der Waals surface area contributed by atoms with Gasteiger partial charge in [0, 0.05) is 79.7 Å². The largest absolute Gasteiger partial charge is 0.385 e. The van der Waals surface area contributed by atoms with E-state index in [1.807, 2.05) is 7.05 Å². The Kier molecular flexibility index (Phi) is 10.1. The molecule has 174 valence electrons. The van der Waals surface area contributed by atoms with Gasteiger partial charge in [-0.25, -0.2) is 0 Å². The maximum Gasteiger partial charge on any atom is 0.193 e. The highest BCUT2D eigenvalue weighted by atomic mass is 16.5. The van der Waals surface area contributed by atoms with E-state index >= 15 is 0 Å². The third-order valence-corrected chi connectivity index (χ3v) is 6.28. The third kappa shape index (κ3) is 8.07. The zero-order valence-electron chi connectivity index (χ0n) is 19.7. The van der Waals surface area contributed by atoms with E-state index in [1.54, 1.807) is 7.11 Å². The zero-order valence-corrected chi connectivity index (χ0v) is 19.7. The van der Waals surface area contributed by atoms with Crippen LogP contribution in [0.3, 0.4) is 0 Å². The van der Waals surface area contributed by atoms with Gasteiger partial charge in [-0.15, -0.1) is 0 Å². The zero-order chi connectivity index (χ0) is 21.9. The summed E-state index contributed by atoms with van der Waals surface area (Å²) in [7, 11) is 5.81. The summed E-state index contributed by atoms with van der Waals surface area (Å²) in [6.45, 7) is 10.0. The molecule has 2 aliphatic rings. The van der Waals surface area contributed by atoms with Gasteiger partial charge in [0.2, 0.25) is 0 Å². The number of aliphatic imine (C=N–C) groups is 1. The number of hydrogen-bond acceptors (Lipinski definition) is 5. The molecule has 0 atom stereocenters. The Labute approximate surface area is 188 Å². The lowest BCUT2D eigenvalue weighted by molar-refractivity contribution is 0.00989. The summed E-state index contributed by atoms with van der Waals surface area (Å²) in [5, 5.41) is 3.54. The molecular formula is C24H41N5O2. The van der Waals surface area contributed by atoms with Crippen LogP contribution < -0.4 is 5.32 Å². The Morgan fingerprint density at radius 1 is 1.00 bits per heavy atom. The molecule has 7 nitrogen and oxygen atoms in total. The molecule has 0 saturated carbocycles. The number of benzene rings is 1. The first-order valence-electron chi connectivity index (χ1n) is 11.7. The minimum absolute atomic E-state index is 0.360. The quantitative estimate of drug-likeness (QED) is 0.367. The van der Waals surface area contributed by atoms with Crippen molar-refractivity contribution in [3.05, 3.63) is 35.4 Å². The summed E-state index contributed by atoms with van der Waals surface area (Å²) in [5.74, 6) is 0.986. The monoisotopic (exact) mass is 431 g/mol. The van der Waals surface area contributed by atoms with Gasteiger partial charge < -0.3 is 24.6 Å². The number of likely N-dealkylation sites (tertiary alicyclic amines) is 1. The molecule has 1 aromatic rings. The molecule has 2 fully saturated rings. The number of rotatable bonds is 9. The van der Waals surface area contributed by atoms with Gasteiger partial charge in [0.1, 0.15) is 0 Å². The highest BCUT2D eigenvalue weighted by Crippen LogP contribution is 2.15. The second-order valence-electron chi connectivity index (χ2n) is 8.70. The van der Waals surface area contributed by atoms with Crippen LogP contribution in [0.15, 0.2) is 29.3 Å². The normalized spacial score (nSPS) is 19.7. The van der Waals surface area contributed by atoms with Gasteiger partial charge in [0.25, 0.3) is 0 Å². The van der Waals surface area contributed by atoms with Crippen LogP contribution >= 0.6 is 0 Å². The second-order valence-corrected chi connectivity index (χ2v) is 8.70. The fourth-order valence-electron chi connectivity index (χ4n) is 4.23. The minimum atomic E-state index is 0.360. The lowest BCUT2D eigenvalue weighted by atomic mass is 10.1. The molecular weight excluding hydrogens is 390 g/mol. The van der Waals surface area contributed by atoms with Gasteiger partial charge in [-0.3, -0.25) is 9.89 Å². The first-order chi connectivity index (χ1) is 15.2. The number of methoxy groups -OCH3 is 1. The summed E-state index contributed by atoms with van der Waals surface area (Å²) < 4.78 is 11.1. The summed E-state index contributed by atoms with van der Waals surface area (Å²) in [6, 6.07) is 9.02. The van der Waals surface area contributed by atoms with Gasteiger partial charge in [0.15, 0.2) is 5.96 Å². The van der Waals surface area contributed by atoms with E-state index in [0.29, 0.717) is 6.10 Å². The lowest BCUT2D eigenvalue weighted by Gasteiger charge is -2.34. The summed E-state index contributed by atoms with van der Waals surface area (Å²) >= 11 is 0. The molecule has 0 aliphatic carbocycles. The van der Waals surface area contributed by atoms with E-state index in [2.05, 4.69) is 56.3 Å². The van der Waals surface area contributed by atoms with Crippen molar-refractivity contribution in [2.45, 2.75) is 38.5 Å². The van der Waals surface area contributed by atoms with Crippen LogP contribution in [0.5, 0.6) is 0 Å². The fraction of sp³-hybridized carbons (Fsp3) is 0.708. The first-order valence-corrected chi connectivity index (χ1v) is 11.7. The highest BCUT2D eigenvalue weighted by Gasteiger charge is 2.21. The molecule has 7 heteroatoms. The number of hydrogen-bond donors (Lipinski definition) is 1. The van der Waals surface area contributed by atoms with Crippen molar-refractivity contribution < 1.29 is 9.47 Å². The van der Waals surface area contributed by atoms with Crippen LogP contribution in [-0.2, 0) is 22.6 Å². The molecule has 0 aromatic heterocycles. The highest BCUT2D eigenvalue weighted by molar-refractivity contribution is 5.79. The van der Waals surface area contributed by atoms with Crippen molar-refractivity contribution in [1.29, 1.82) is 0 Å². The minimum Gasteiger partial charge on any atom is -0.385 e. The molecule has 2 heterocycles. The van der Waals surface area contributed by atoms with Crippen LogP contribution in [0.1, 0.15) is 30.4 Å². The van der Waals surface area contributed by atoms with E-state index in [0.717, 1.165) is 77.7 Å². The number of piperazine rings is 1. The standard InChI is InChI=1S/C24H41N5O2/c1-25-24(29-11-9-23(10-12-29)31-18-4-17-30-3)26-19-21-5-7-22(8-6-21)20-28-15-13-27(2)14-16-28/h5-8,23H,4,9-20H2,1-3H3,(H,25,26). The summed E-state index contributed by atoms with van der Waals surface area (Å²) in [4.78, 5) is 11.8. The van der Waals surface area contributed by atoms with Crippen LogP contribution in [0.2, 0.25) is 0 Å². The molecule has 1 aromatic carbocycles. The van der Waals surface area contributed by atoms with Crippen molar-refractivity contribution in [3.63, 3.8) is 0 Å². The van der Waals surface area contributed by atoms with Crippen molar-refractivity contribution in [2.75, 3.05) is 73.7 Å². The maximum absolute atomic E-state index is 5.97. The maximum atomic E-state index is 5.97. The molecule has 0 spiro atoms. The molecule has 31 heavy (non-hydrogen) atoms. The Morgan fingerprint density at radius 3 is 2.32 bits per heavy atom. The van der Waals surface area contributed by atoms with E-state index in [1.165, 1.54) is 24.2 Å². The van der Waals surface area contributed by atoms with Crippen molar-refractivity contribution in [2.24, 2.45) is 4.99 Å². The second kappa shape index (κ2) is 13.0. The number of likely N-dealkylation sites (N-methyl/N-ethyl adjacent to an activating group) is 1. The SMILES string of the molecule is CN=C(NCc1ccc(CN2CCN(C)CC2)cc1)N1CCC(OCCCOC)CC1. The molecule has 0 radical (unpaired) electrons. The van der Waals surface area contributed by atoms with Crippen molar-refractivity contribution >= 4 is 5.96 Å². The average molecular weight is 432 g/mol. The van der Waals surface area contributed by atoms with E-state index in [9.17, 15) is 0 Å². The van der Waals surface area contributed by atoms with Gasteiger partial charge in [0.05, 0.1) is 6.10 Å². The predicted octanol–water partition coefficient (Wildman–Crippen LogP) is 2.03. The molecule has 0 amide bonds. The third-order valence-electron chi connectivity index (χ3n) is 6.28. The van der Waals surface area contributed by atoms with Gasteiger partial charge in [-0.1, -0.05) is 24.3 Å². The molecule has 0 bridgehead atoms. The van der Waals surface area contributed by atoms with E-state index in [-0.39, 0.29) is 0 Å². The lowest BCUT2D eigenvalue weighted by Crippen LogP contribution is -2.46. The molecule has 3 rings (SSSR count). The Bertz CT molecular complexity index is 650. The van der Waals surface area contributed by atoms with Gasteiger partial charge >= 0.3 is 0 Å². The van der Waals surface area contributed by atoms with Crippen LogP contribution in [0, 0.1) is 0 Å². The fourth-order valence-corrected chi connectivity index (χ4v) is 4.23.